The van der Waals surface area contributed by atoms with Crippen LogP contribution in [0.25, 0.3) is 22.1 Å². The Balaban J connectivity index is 2.33. The molecule has 3 rings (SSSR count). The third-order valence-corrected chi connectivity index (χ3v) is 3.02. The Kier molecular flexibility index (Phi) is 2.80. The van der Waals surface area contributed by atoms with Crippen molar-refractivity contribution in [2.45, 2.75) is 0 Å². The van der Waals surface area contributed by atoms with Crippen molar-refractivity contribution in [1.82, 2.24) is 4.98 Å². The highest BCUT2D eigenvalue weighted by Gasteiger charge is 2.14. The lowest BCUT2D eigenvalue weighted by molar-refractivity contribution is 0.100. The van der Waals surface area contributed by atoms with Crippen molar-refractivity contribution in [2.24, 2.45) is 5.73 Å². The summed E-state index contributed by atoms with van der Waals surface area (Å²) < 4.78 is 5.25. The minimum atomic E-state index is -0.638. The van der Waals surface area contributed by atoms with E-state index in [1.54, 1.807) is 24.3 Å². The van der Waals surface area contributed by atoms with E-state index in [0.29, 0.717) is 16.7 Å². The van der Waals surface area contributed by atoms with Crippen molar-refractivity contribution in [3.8, 4) is 11.1 Å². The van der Waals surface area contributed by atoms with Gasteiger partial charge in [0.05, 0.1) is 11.1 Å². The maximum Gasteiger partial charge on any atom is 0.344 e. The first kappa shape index (κ1) is 12.1. The van der Waals surface area contributed by atoms with Gasteiger partial charge in [-0.2, -0.15) is 0 Å². The molecule has 98 valence electrons. The summed E-state index contributed by atoms with van der Waals surface area (Å²) in [6.45, 7) is 0. The van der Waals surface area contributed by atoms with E-state index in [0.717, 1.165) is 5.39 Å². The predicted molar refractivity (Wildman–Crippen MR) is 74.2 cm³/mol. The highest BCUT2D eigenvalue weighted by Crippen LogP contribution is 2.23. The second-order valence-electron chi connectivity index (χ2n) is 4.27. The van der Waals surface area contributed by atoms with Gasteiger partial charge in [0, 0.05) is 23.3 Å². The van der Waals surface area contributed by atoms with E-state index >= 15 is 0 Å². The molecule has 0 aliphatic carbocycles. The van der Waals surface area contributed by atoms with Crippen molar-refractivity contribution in [1.29, 1.82) is 0 Å². The minimum Gasteiger partial charge on any atom is -0.422 e. The van der Waals surface area contributed by atoms with Gasteiger partial charge in [-0.15, -0.1) is 0 Å². The molecule has 1 amide bonds. The summed E-state index contributed by atoms with van der Waals surface area (Å²) in [6.07, 6.45) is 2.84. The number of hydrogen-bond acceptors (Lipinski definition) is 4. The van der Waals surface area contributed by atoms with Gasteiger partial charge in [0.15, 0.2) is 0 Å². The van der Waals surface area contributed by atoms with Crippen molar-refractivity contribution >= 4 is 16.9 Å². The summed E-state index contributed by atoms with van der Waals surface area (Å²) in [5.74, 6) is -0.638. The fraction of sp³-hybridized carbons (Fsp3) is 0. The highest BCUT2D eigenvalue weighted by atomic mass is 16.4. The zero-order valence-corrected chi connectivity index (χ0v) is 10.4. The Labute approximate surface area is 113 Å². The van der Waals surface area contributed by atoms with Crippen LogP contribution in [0.4, 0.5) is 0 Å². The molecule has 0 aliphatic heterocycles. The van der Waals surface area contributed by atoms with Crippen LogP contribution in [-0.4, -0.2) is 10.9 Å². The number of nitrogens with zero attached hydrogens (tertiary/aromatic N) is 1. The normalized spacial score (nSPS) is 10.6. The predicted octanol–water partition coefficient (Wildman–Crippen LogP) is 1.95. The van der Waals surface area contributed by atoms with Crippen molar-refractivity contribution in [2.75, 3.05) is 0 Å². The number of carbonyl (C=O) groups is 1. The summed E-state index contributed by atoms with van der Waals surface area (Å²) in [4.78, 5) is 27.3. The highest BCUT2D eigenvalue weighted by molar-refractivity contribution is 6.00. The lowest BCUT2D eigenvalue weighted by atomic mass is 10.0. The quantitative estimate of drug-likeness (QED) is 0.718. The first-order chi connectivity index (χ1) is 9.66. The van der Waals surface area contributed by atoms with Crippen LogP contribution in [-0.2, 0) is 0 Å². The average molecular weight is 266 g/mol. The standard InChI is InChI=1S/C15H10N2O3/c16-14(18)12-8-17-6-5-10(12)11-7-9-3-1-2-4-13(9)20-15(11)19/h1-8H,(H2,16,18). The Morgan fingerprint density at radius 1 is 1.15 bits per heavy atom. The van der Waals surface area contributed by atoms with Crippen LogP contribution in [0.3, 0.4) is 0 Å². The van der Waals surface area contributed by atoms with Crippen LogP contribution in [0.2, 0.25) is 0 Å². The van der Waals surface area contributed by atoms with E-state index < -0.39 is 11.5 Å². The third kappa shape index (κ3) is 1.95. The van der Waals surface area contributed by atoms with Gasteiger partial charge >= 0.3 is 5.63 Å². The Morgan fingerprint density at radius 3 is 2.75 bits per heavy atom. The number of aromatic nitrogens is 1. The summed E-state index contributed by atoms with van der Waals surface area (Å²) in [5.41, 5.74) is 6.19. The first-order valence-corrected chi connectivity index (χ1v) is 5.94. The number of rotatable bonds is 2. The minimum absolute atomic E-state index is 0.190. The number of primary amides is 1. The van der Waals surface area contributed by atoms with E-state index in [9.17, 15) is 9.59 Å². The molecule has 0 fully saturated rings. The molecule has 2 aromatic heterocycles. The maximum absolute atomic E-state index is 12.1. The average Bonchev–Trinajstić information content (AvgIpc) is 2.46. The number of carbonyl (C=O) groups excluding carboxylic acids is 1. The largest absolute Gasteiger partial charge is 0.422 e. The van der Waals surface area contributed by atoms with E-state index in [1.165, 1.54) is 12.4 Å². The van der Waals surface area contributed by atoms with Gasteiger partial charge < -0.3 is 10.2 Å². The Bertz CT molecular complexity index is 868. The molecule has 2 N–H and O–H groups in total. The fourth-order valence-corrected chi connectivity index (χ4v) is 2.08. The molecule has 0 aliphatic rings. The van der Waals surface area contributed by atoms with E-state index in [1.807, 2.05) is 12.1 Å². The van der Waals surface area contributed by atoms with Gasteiger partial charge in [-0.25, -0.2) is 4.79 Å². The van der Waals surface area contributed by atoms with Crippen LogP contribution >= 0.6 is 0 Å². The second kappa shape index (κ2) is 4.62. The van der Waals surface area contributed by atoms with Gasteiger partial charge in [-0.05, 0) is 18.2 Å². The lowest BCUT2D eigenvalue weighted by Gasteiger charge is -2.05. The van der Waals surface area contributed by atoms with Gasteiger partial charge in [-0.1, -0.05) is 18.2 Å². The number of nitrogens with two attached hydrogens (primary N) is 1. The van der Waals surface area contributed by atoms with Crippen molar-refractivity contribution in [3.63, 3.8) is 0 Å². The molecule has 0 spiro atoms. The summed E-state index contributed by atoms with van der Waals surface area (Å²) in [6, 6.07) is 10.4. The number of hydrogen-bond donors (Lipinski definition) is 1. The number of amides is 1. The summed E-state index contributed by atoms with van der Waals surface area (Å²) in [5, 5.41) is 0.773. The van der Waals surface area contributed by atoms with Crippen LogP contribution < -0.4 is 11.4 Å². The molecule has 20 heavy (non-hydrogen) atoms. The van der Waals surface area contributed by atoms with Crippen molar-refractivity contribution < 1.29 is 9.21 Å². The van der Waals surface area contributed by atoms with Gasteiger partial charge in [0.2, 0.25) is 0 Å². The van der Waals surface area contributed by atoms with Crippen LogP contribution in [0.1, 0.15) is 10.4 Å². The molecule has 1 aromatic carbocycles. The molecular formula is C15H10N2O3. The molecule has 0 radical (unpaired) electrons. The number of fused-ring (bicyclic) bond motifs is 1. The van der Waals surface area contributed by atoms with Crippen LogP contribution in [0, 0.1) is 0 Å². The Hall–Kier alpha value is -2.95. The fourth-order valence-electron chi connectivity index (χ4n) is 2.08. The molecule has 5 heteroatoms. The zero-order chi connectivity index (χ0) is 14.1. The smallest absolute Gasteiger partial charge is 0.344 e. The molecule has 0 saturated heterocycles. The number of benzene rings is 1. The maximum atomic E-state index is 12.1. The molecule has 0 unspecified atom stereocenters. The topological polar surface area (TPSA) is 86.2 Å². The second-order valence-corrected chi connectivity index (χ2v) is 4.27. The lowest BCUT2D eigenvalue weighted by Crippen LogP contribution is -2.14. The van der Waals surface area contributed by atoms with Gasteiger partial charge in [-0.3, -0.25) is 9.78 Å². The summed E-state index contributed by atoms with van der Waals surface area (Å²) >= 11 is 0. The van der Waals surface area contributed by atoms with Crippen molar-refractivity contribution in [3.05, 3.63) is 64.8 Å². The summed E-state index contributed by atoms with van der Waals surface area (Å²) in [7, 11) is 0. The monoisotopic (exact) mass is 266 g/mol. The number of pyridine rings is 1. The molecule has 0 atom stereocenters. The molecule has 2 heterocycles. The van der Waals surface area contributed by atoms with Crippen LogP contribution in [0.15, 0.2) is 58.0 Å². The molecule has 0 saturated carbocycles. The molecule has 3 aromatic rings. The SMILES string of the molecule is NC(=O)c1cnccc1-c1cc2ccccc2oc1=O. The molecule has 0 bridgehead atoms. The zero-order valence-electron chi connectivity index (χ0n) is 10.4. The third-order valence-electron chi connectivity index (χ3n) is 3.02. The van der Waals surface area contributed by atoms with Gasteiger partial charge in [0.1, 0.15) is 5.58 Å². The molecular weight excluding hydrogens is 256 g/mol. The molecule has 5 nitrogen and oxygen atoms in total. The van der Waals surface area contributed by atoms with Gasteiger partial charge in [0.25, 0.3) is 5.91 Å². The number of para-hydroxylation sites is 1. The van der Waals surface area contributed by atoms with Crippen LogP contribution in [0.5, 0.6) is 0 Å². The first-order valence-electron chi connectivity index (χ1n) is 5.94. The van der Waals surface area contributed by atoms with E-state index in [2.05, 4.69) is 4.98 Å². The van der Waals surface area contributed by atoms with E-state index in [4.69, 9.17) is 10.2 Å². The Morgan fingerprint density at radius 2 is 1.95 bits per heavy atom. The van der Waals surface area contributed by atoms with E-state index in [-0.39, 0.29) is 5.56 Å².